The summed E-state index contributed by atoms with van der Waals surface area (Å²) >= 11 is 0. The SMILES string of the molecule is C[C@H](O)CNCCCCCCNC[C@H](C)O. The maximum Gasteiger partial charge on any atom is 0.0636 e. The Balaban J connectivity index is 2.93. The van der Waals surface area contributed by atoms with Crippen molar-refractivity contribution >= 4 is 0 Å². The average molecular weight is 232 g/mol. The normalized spacial score (nSPS) is 15.0. The summed E-state index contributed by atoms with van der Waals surface area (Å²) in [4.78, 5) is 0. The molecule has 16 heavy (non-hydrogen) atoms. The molecule has 0 amide bonds. The number of hydrogen-bond donors (Lipinski definition) is 4. The summed E-state index contributed by atoms with van der Waals surface area (Å²) in [6.45, 7) is 6.95. The van der Waals surface area contributed by atoms with Crippen LogP contribution in [0, 0.1) is 0 Å². The van der Waals surface area contributed by atoms with Gasteiger partial charge < -0.3 is 20.8 Å². The first-order valence-corrected chi connectivity index (χ1v) is 6.40. The molecule has 0 fully saturated rings. The van der Waals surface area contributed by atoms with Crippen molar-refractivity contribution in [2.24, 2.45) is 0 Å². The van der Waals surface area contributed by atoms with Crippen LogP contribution in [0.4, 0.5) is 0 Å². The Morgan fingerprint density at radius 3 is 1.44 bits per heavy atom. The van der Waals surface area contributed by atoms with Gasteiger partial charge in [0, 0.05) is 13.1 Å². The summed E-state index contributed by atoms with van der Waals surface area (Å²) < 4.78 is 0. The van der Waals surface area contributed by atoms with Crippen LogP contribution < -0.4 is 10.6 Å². The first-order valence-electron chi connectivity index (χ1n) is 6.40. The third-order valence-electron chi connectivity index (χ3n) is 2.34. The zero-order valence-corrected chi connectivity index (χ0v) is 10.7. The molecule has 0 spiro atoms. The van der Waals surface area contributed by atoms with Gasteiger partial charge in [-0.1, -0.05) is 12.8 Å². The molecule has 4 N–H and O–H groups in total. The van der Waals surface area contributed by atoms with Gasteiger partial charge in [-0.3, -0.25) is 0 Å². The molecule has 0 unspecified atom stereocenters. The highest BCUT2D eigenvalue weighted by Gasteiger charge is 1.95. The van der Waals surface area contributed by atoms with Gasteiger partial charge in [0.05, 0.1) is 12.2 Å². The smallest absolute Gasteiger partial charge is 0.0636 e. The molecule has 0 aromatic carbocycles. The Hall–Kier alpha value is -0.160. The van der Waals surface area contributed by atoms with E-state index in [1.165, 1.54) is 25.7 Å². The molecule has 98 valence electrons. The van der Waals surface area contributed by atoms with Crippen molar-refractivity contribution in [1.29, 1.82) is 0 Å². The van der Waals surface area contributed by atoms with Crippen LogP contribution >= 0.6 is 0 Å². The highest BCUT2D eigenvalue weighted by molar-refractivity contribution is 4.55. The van der Waals surface area contributed by atoms with Gasteiger partial charge in [0.15, 0.2) is 0 Å². The van der Waals surface area contributed by atoms with E-state index in [0.717, 1.165) is 13.1 Å². The minimum Gasteiger partial charge on any atom is -0.392 e. The molecule has 0 aromatic rings. The largest absolute Gasteiger partial charge is 0.392 e. The van der Waals surface area contributed by atoms with Gasteiger partial charge in [-0.15, -0.1) is 0 Å². The molecule has 0 saturated carbocycles. The molecular weight excluding hydrogens is 204 g/mol. The molecule has 0 aliphatic rings. The number of hydrogen-bond acceptors (Lipinski definition) is 4. The lowest BCUT2D eigenvalue weighted by molar-refractivity contribution is 0.190. The minimum atomic E-state index is -0.246. The van der Waals surface area contributed by atoms with Crippen LogP contribution in [-0.4, -0.2) is 48.6 Å². The highest BCUT2D eigenvalue weighted by Crippen LogP contribution is 1.97. The van der Waals surface area contributed by atoms with E-state index in [1.807, 2.05) is 0 Å². The fourth-order valence-electron chi connectivity index (χ4n) is 1.48. The monoisotopic (exact) mass is 232 g/mol. The summed E-state index contributed by atoms with van der Waals surface area (Å²) in [5.74, 6) is 0. The van der Waals surface area contributed by atoms with Gasteiger partial charge >= 0.3 is 0 Å². The van der Waals surface area contributed by atoms with Crippen LogP contribution in [-0.2, 0) is 0 Å². The average Bonchev–Trinajstić information content (AvgIpc) is 2.20. The van der Waals surface area contributed by atoms with Crippen LogP contribution in [0.3, 0.4) is 0 Å². The molecule has 2 atom stereocenters. The summed E-state index contributed by atoms with van der Waals surface area (Å²) in [5.41, 5.74) is 0. The first kappa shape index (κ1) is 15.8. The van der Waals surface area contributed by atoms with E-state index in [-0.39, 0.29) is 12.2 Å². The van der Waals surface area contributed by atoms with Gasteiger partial charge in [-0.05, 0) is 39.8 Å². The Morgan fingerprint density at radius 2 is 1.12 bits per heavy atom. The molecule has 0 rings (SSSR count). The van der Waals surface area contributed by atoms with E-state index in [0.29, 0.717) is 13.1 Å². The molecule has 0 saturated heterocycles. The second-order valence-corrected chi connectivity index (χ2v) is 4.52. The lowest BCUT2D eigenvalue weighted by atomic mass is 10.2. The van der Waals surface area contributed by atoms with E-state index in [1.54, 1.807) is 13.8 Å². The molecule has 0 radical (unpaired) electrons. The van der Waals surface area contributed by atoms with Crippen LogP contribution in [0.5, 0.6) is 0 Å². The standard InChI is InChI=1S/C12H28N2O2/c1-11(15)9-13-7-5-3-4-6-8-14-10-12(2)16/h11-16H,3-10H2,1-2H3/t11-,12-/m0/s1. The van der Waals surface area contributed by atoms with Gasteiger partial charge in [0.25, 0.3) is 0 Å². The molecule has 0 bridgehead atoms. The van der Waals surface area contributed by atoms with Crippen LogP contribution in [0.25, 0.3) is 0 Å². The lowest BCUT2D eigenvalue weighted by Gasteiger charge is -2.07. The highest BCUT2D eigenvalue weighted by atomic mass is 16.3. The topological polar surface area (TPSA) is 64.5 Å². The quantitative estimate of drug-likeness (QED) is 0.391. The lowest BCUT2D eigenvalue weighted by Crippen LogP contribution is -2.25. The van der Waals surface area contributed by atoms with Crippen molar-refractivity contribution in [3.05, 3.63) is 0 Å². The van der Waals surface area contributed by atoms with Crippen LogP contribution in [0.2, 0.25) is 0 Å². The second-order valence-electron chi connectivity index (χ2n) is 4.52. The molecule has 0 heterocycles. The third kappa shape index (κ3) is 13.8. The van der Waals surface area contributed by atoms with E-state index >= 15 is 0 Å². The molecule has 4 nitrogen and oxygen atoms in total. The summed E-state index contributed by atoms with van der Waals surface area (Å²) in [6.07, 6.45) is 4.30. The number of aliphatic hydroxyl groups excluding tert-OH is 2. The summed E-state index contributed by atoms with van der Waals surface area (Å²) in [6, 6.07) is 0. The van der Waals surface area contributed by atoms with Crippen molar-refractivity contribution in [2.75, 3.05) is 26.2 Å². The van der Waals surface area contributed by atoms with Crippen molar-refractivity contribution < 1.29 is 10.2 Å². The summed E-state index contributed by atoms with van der Waals surface area (Å²) in [5, 5.41) is 24.4. The molecule has 0 aliphatic carbocycles. The minimum absolute atomic E-state index is 0.246. The Kier molecular flexibility index (Phi) is 11.2. The third-order valence-corrected chi connectivity index (χ3v) is 2.34. The number of aliphatic hydroxyl groups is 2. The molecule has 4 heteroatoms. The second kappa shape index (κ2) is 11.3. The van der Waals surface area contributed by atoms with Crippen molar-refractivity contribution in [2.45, 2.75) is 51.7 Å². The predicted molar refractivity (Wildman–Crippen MR) is 67.6 cm³/mol. The Bertz CT molecular complexity index is 125. The fourth-order valence-corrected chi connectivity index (χ4v) is 1.48. The summed E-state index contributed by atoms with van der Waals surface area (Å²) in [7, 11) is 0. The van der Waals surface area contributed by atoms with E-state index < -0.39 is 0 Å². The first-order chi connectivity index (χ1) is 7.63. The van der Waals surface area contributed by atoms with Gasteiger partial charge in [0.1, 0.15) is 0 Å². The van der Waals surface area contributed by atoms with Crippen molar-refractivity contribution in [3.8, 4) is 0 Å². The van der Waals surface area contributed by atoms with Crippen LogP contribution in [0.15, 0.2) is 0 Å². The number of unbranched alkanes of at least 4 members (excludes halogenated alkanes) is 3. The zero-order chi connectivity index (χ0) is 12.2. The predicted octanol–water partition coefficient (Wildman–Crippen LogP) is 0.488. The zero-order valence-electron chi connectivity index (χ0n) is 10.7. The van der Waals surface area contributed by atoms with Crippen LogP contribution in [0.1, 0.15) is 39.5 Å². The fraction of sp³-hybridized carbons (Fsp3) is 1.00. The Labute approximate surface area is 99.4 Å². The van der Waals surface area contributed by atoms with Gasteiger partial charge in [-0.25, -0.2) is 0 Å². The van der Waals surface area contributed by atoms with Gasteiger partial charge in [0.2, 0.25) is 0 Å². The van der Waals surface area contributed by atoms with Crippen molar-refractivity contribution in [1.82, 2.24) is 10.6 Å². The maximum atomic E-state index is 9.01. The van der Waals surface area contributed by atoms with E-state index in [4.69, 9.17) is 10.2 Å². The van der Waals surface area contributed by atoms with E-state index in [2.05, 4.69) is 10.6 Å². The number of rotatable bonds is 11. The molecule has 0 aromatic heterocycles. The number of nitrogens with one attached hydrogen (secondary N) is 2. The molecule has 0 aliphatic heterocycles. The molecular formula is C12H28N2O2. The maximum absolute atomic E-state index is 9.01. The Morgan fingerprint density at radius 1 is 0.750 bits per heavy atom. The van der Waals surface area contributed by atoms with E-state index in [9.17, 15) is 0 Å². The van der Waals surface area contributed by atoms with Gasteiger partial charge in [-0.2, -0.15) is 0 Å². The van der Waals surface area contributed by atoms with Crippen molar-refractivity contribution in [3.63, 3.8) is 0 Å².